The fraction of sp³-hybridized carbons (Fsp3) is 1.00. The van der Waals surface area contributed by atoms with Crippen LogP contribution in [0.3, 0.4) is 0 Å². The van der Waals surface area contributed by atoms with Gasteiger partial charge >= 0.3 is 0 Å². The van der Waals surface area contributed by atoms with Crippen molar-refractivity contribution in [2.24, 2.45) is 5.92 Å². The number of fused-ring (bicyclic) bond motifs is 1. The largest absolute Gasteiger partial charge is 0.302 e. The van der Waals surface area contributed by atoms with Crippen molar-refractivity contribution in [3.63, 3.8) is 0 Å². The maximum atomic E-state index is 5.96. The second-order valence-corrected chi connectivity index (χ2v) is 4.23. The van der Waals surface area contributed by atoms with Crippen molar-refractivity contribution in [1.29, 1.82) is 0 Å². The van der Waals surface area contributed by atoms with Crippen molar-refractivity contribution in [1.82, 2.24) is 9.32 Å². The first-order chi connectivity index (χ1) is 5.27. The van der Waals surface area contributed by atoms with Gasteiger partial charge in [0.2, 0.25) is 0 Å². The van der Waals surface area contributed by atoms with Crippen LogP contribution >= 0.6 is 11.8 Å². The highest BCUT2D eigenvalue weighted by molar-refractivity contribution is 6.13. The zero-order valence-electron chi connectivity index (χ0n) is 6.96. The van der Waals surface area contributed by atoms with Crippen LogP contribution in [0.15, 0.2) is 0 Å². The Bertz CT molecular complexity index is 151. The van der Waals surface area contributed by atoms with Gasteiger partial charge in [-0.1, -0.05) is 0 Å². The fourth-order valence-electron chi connectivity index (χ4n) is 2.31. The third-order valence-corrected chi connectivity index (χ3v) is 3.40. The van der Waals surface area contributed by atoms with Gasteiger partial charge in [0.05, 0.1) is 0 Å². The molecule has 2 saturated heterocycles. The molecule has 0 aliphatic carbocycles. The summed E-state index contributed by atoms with van der Waals surface area (Å²) in [6, 6.07) is 0.737. The van der Waals surface area contributed by atoms with Crippen molar-refractivity contribution in [2.75, 3.05) is 26.7 Å². The summed E-state index contributed by atoms with van der Waals surface area (Å²) in [5, 5.41) is 0. The van der Waals surface area contributed by atoms with Gasteiger partial charge in [-0.05, 0) is 44.1 Å². The second kappa shape index (κ2) is 2.92. The van der Waals surface area contributed by atoms with E-state index in [1.165, 1.54) is 19.4 Å². The summed E-state index contributed by atoms with van der Waals surface area (Å²) in [6.45, 7) is 3.40. The molecule has 0 aromatic carbocycles. The van der Waals surface area contributed by atoms with Crippen LogP contribution in [-0.4, -0.2) is 42.0 Å². The molecule has 2 heterocycles. The Hall–Kier alpha value is 0.210. The Balaban J connectivity index is 2.01. The molecular formula is C8H15ClN2. The van der Waals surface area contributed by atoms with Crippen LogP contribution in [0.2, 0.25) is 0 Å². The van der Waals surface area contributed by atoms with Gasteiger partial charge < -0.3 is 4.90 Å². The Morgan fingerprint density at radius 2 is 2.00 bits per heavy atom. The minimum Gasteiger partial charge on any atom is -0.302 e. The average molecular weight is 175 g/mol. The van der Waals surface area contributed by atoms with E-state index in [2.05, 4.69) is 11.9 Å². The molecular weight excluding hydrogens is 160 g/mol. The van der Waals surface area contributed by atoms with Crippen molar-refractivity contribution in [3.05, 3.63) is 0 Å². The maximum Gasteiger partial charge on any atom is 0.0297 e. The van der Waals surface area contributed by atoms with E-state index in [0.29, 0.717) is 0 Å². The van der Waals surface area contributed by atoms with Gasteiger partial charge in [0, 0.05) is 19.1 Å². The topological polar surface area (TPSA) is 6.48 Å². The van der Waals surface area contributed by atoms with Crippen molar-refractivity contribution in [2.45, 2.75) is 18.9 Å². The zero-order valence-corrected chi connectivity index (χ0v) is 7.72. The van der Waals surface area contributed by atoms with Gasteiger partial charge in [0.25, 0.3) is 0 Å². The van der Waals surface area contributed by atoms with Crippen molar-refractivity contribution >= 4 is 11.8 Å². The molecule has 0 amide bonds. The lowest BCUT2D eigenvalue weighted by Gasteiger charge is -2.33. The number of likely N-dealkylation sites (tertiary alicyclic amines) is 1. The number of hydrogen-bond acceptors (Lipinski definition) is 2. The van der Waals surface area contributed by atoms with Gasteiger partial charge in [-0.25, -0.2) is 4.42 Å². The third kappa shape index (κ3) is 1.40. The molecule has 2 unspecified atom stereocenters. The van der Waals surface area contributed by atoms with E-state index >= 15 is 0 Å². The average Bonchev–Trinajstić information content (AvgIpc) is 2.33. The minimum absolute atomic E-state index is 0.737. The highest BCUT2D eigenvalue weighted by Gasteiger charge is 2.35. The highest BCUT2D eigenvalue weighted by atomic mass is 35.5. The van der Waals surface area contributed by atoms with Gasteiger partial charge in [0.15, 0.2) is 0 Å². The molecule has 0 bridgehead atoms. The molecule has 2 aliphatic heterocycles. The lowest BCUT2D eigenvalue weighted by Crippen LogP contribution is -2.43. The van der Waals surface area contributed by atoms with Crippen LogP contribution in [0.4, 0.5) is 0 Å². The van der Waals surface area contributed by atoms with Crippen LogP contribution < -0.4 is 0 Å². The van der Waals surface area contributed by atoms with E-state index in [9.17, 15) is 0 Å². The molecule has 2 nitrogen and oxygen atoms in total. The summed E-state index contributed by atoms with van der Waals surface area (Å²) >= 11 is 5.96. The maximum absolute atomic E-state index is 5.96. The third-order valence-electron chi connectivity index (χ3n) is 3.09. The van der Waals surface area contributed by atoms with E-state index in [-0.39, 0.29) is 0 Å². The number of piperidine rings is 1. The molecule has 64 valence electrons. The number of halogens is 1. The molecule has 0 aromatic heterocycles. The molecule has 2 rings (SSSR count). The normalized spacial score (nSPS) is 40.9. The summed E-state index contributed by atoms with van der Waals surface area (Å²) in [7, 11) is 2.21. The molecule has 0 aromatic rings. The number of nitrogens with zero attached hydrogens (tertiary/aromatic N) is 2. The molecule has 2 aliphatic rings. The standard InChI is InChI=1S/C8H15ClN2/c1-10-4-2-7-3-5-11(9)6-8(7)10/h7-8H,2-6H2,1H3. The Kier molecular flexibility index (Phi) is 2.08. The van der Waals surface area contributed by atoms with E-state index < -0.39 is 0 Å². The Morgan fingerprint density at radius 3 is 2.82 bits per heavy atom. The number of rotatable bonds is 0. The molecule has 2 fully saturated rings. The number of hydrogen-bond donors (Lipinski definition) is 0. The van der Waals surface area contributed by atoms with Crippen LogP contribution in [0.25, 0.3) is 0 Å². The van der Waals surface area contributed by atoms with Crippen LogP contribution in [0.5, 0.6) is 0 Å². The van der Waals surface area contributed by atoms with E-state index in [1.54, 1.807) is 0 Å². The molecule has 0 spiro atoms. The van der Waals surface area contributed by atoms with Crippen LogP contribution in [0.1, 0.15) is 12.8 Å². The highest BCUT2D eigenvalue weighted by Crippen LogP contribution is 2.30. The first kappa shape index (κ1) is 7.84. The van der Waals surface area contributed by atoms with Crippen molar-refractivity contribution < 1.29 is 0 Å². The summed E-state index contributed by atoms with van der Waals surface area (Å²) in [5.41, 5.74) is 0. The zero-order chi connectivity index (χ0) is 7.84. The molecule has 0 N–H and O–H groups in total. The SMILES string of the molecule is CN1CCC2CCN(Cl)CC21. The van der Waals surface area contributed by atoms with E-state index in [0.717, 1.165) is 25.0 Å². The second-order valence-electron chi connectivity index (χ2n) is 3.75. The number of likely N-dealkylation sites (N-methyl/N-ethyl adjacent to an activating group) is 1. The Morgan fingerprint density at radius 1 is 1.27 bits per heavy atom. The molecule has 11 heavy (non-hydrogen) atoms. The summed E-state index contributed by atoms with van der Waals surface area (Å²) in [6.07, 6.45) is 2.67. The summed E-state index contributed by atoms with van der Waals surface area (Å²) < 4.78 is 1.93. The Labute approximate surface area is 73.2 Å². The first-order valence-electron chi connectivity index (χ1n) is 4.38. The molecule has 0 saturated carbocycles. The van der Waals surface area contributed by atoms with Crippen LogP contribution in [-0.2, 0) is 0 Å². The predicted octanol–water partition coefficient (Wildman–Crippen LogP) is 1.17. The van der Waals surface area contributed by atoms with Gasteiger partial charge in [-0.3, -0.25) is 0 Å². The van der Waals surface area contributed by atoms with Crippen LogP contribution in [0, 0.1) is 5.92 Å². The van der Waals surface area contributed by atoms with E-state index in [4.69, 9.17) is 11.8 Å². The molecule has 2 atom stereocenters. The van der Waals surface area contributed by atoms with Gasteiger partial charge in [-0.15, -0.1) is 0 Å². The minimum atomic E-state index is 0.737. The van der Waals surface area contributed by atoms with Gasteiger partial charge in [-0.2, -0.15) is 0 Å². The lowest BCUT2D eigenvalue weighted by molar-refractivity contribution is 0.178. The quantitative estimate of drug-likeness (QED) is 0.509. The summed E-state index contributed by atoms with van der Waals surface area (Å²) in [5.74, 6) is 0.926. The van der Waals surface area contributed by atoms with E-state index in [1.807, 2.05) is 4.42 Å². The molecule has 0 radical (unpaired) electrons. The smallest absolute Gasteiger partial charge is 0.0297 e. The summed E-state index contributed by atoms with van der Waals surface area (Å²) in [4.78, 5) is 2.44. The predicted molar refractivity (Wildman–Crippen MR) is 46.6 cm³/mol. The van der Waals surface area contributed by atoms with Crippen molar-refractivity contribution in [3.8, 4) is 0 Å². The first-order valence-corrected chi connectivity index (χ1v) is 4.72. The monoisotopic (exact) mass is 174 g/mol. The molecule has 3 heteroatoms. The lowest BCUT2D eigenvalue weighted by atomic mass is 9.94. The van der Waals surface area contributed by atoms with Gasteiger partial charge in [0.1, 0.15) is 0 Å². The fourth-order valence-corrected chi connectivity index (χ4v) is 2.55.